The van der Waals surface area contributed by atoms with Crippen molar-refractivity contribution in [2.45, 2.75) is 46.1 Å². The molecule has 0 aromatic rings. The molecule has 0 aromatic carbocycles. The maximum Gasteiger partial charge on any atom is 0.0631 e. The molecule has 0 bridgehead atoms. The molecule has 0 aliphatic carbocycles. The van der Waals surface area contributed by atoms with Crippen molar-refractivity contribution in [3.05, 3.63) is 0 Å². The Balaban J connectivity index is 2.69. The largest absolute Gasteiger partial charge is 0.375 e. The van der Waals surface area contributed by atoms with Crippen LogP contribution in [0, 0.1) is 11.3 Å². The van der Waals surface area contributed by atoms with E-state index in [1.165, 1.54) is 6.42 Å². The fourth-order valence-corrected chi connectivity index (χ4v) is 2.61. The molecular weight excluding hydrogens is 162 g/mol. The van der Waals surface area contributed by atoms with Crippen LogP contribution in [-0.2, 0) is 4.74 Å². The monoisotopic (exact) mass is 185 g/mol. The fraction of sp³-hybridized carbons (Fsp3) is 1.00. The second-order valence-electron chi connectivity index (χ2n) is 5.72. The molecule has 0 aromatic heterocycles. The zero-order valence-electron chi connectivity index (χ0n) is 9.39. The Morgan fingerprint density at radius 2 is 1.92 bits per heavy atom. The minimum Gasteiger partial charge on any atom is -0.375 e. The first kappa shape index (κ1) is 11.0. The lowest BCUT2D eigenvalue weighted by atomic mass is 9.77. The summed E-state index contributed by atoms with van der Waals surface area (Å²) < 4.78 is 5.85. The Morgan fingerprint density at radius 1 is 1.31 bits per heavy atom. The van der Waals surface area contributed by atoms with Gasteiger partial charge in [0.15, 0.2) is 0 Å². The molecule has 0 radical (unpaired) electrons. The van der Waals surface area contributed by atoms with E-state index >= 15 is 0 Å². The molecule has 1 unspecified atom stereocenters. The Morgan fingerprint density at radius 3 is 2.46 bits per heavy atom. The molecule has 13 heavy (non-hydrogen) atoms. The van der Waals surface area contributed by atoms with Crippen molar-refractivity contribution in [1.29, 1.82) is 0 Å². The van der Waals surface area contributed by atoms with Gasteiger partial charge in [0, 0.05) is 0 Å². The summed E-state index contributed by atoms with van der Waals surface area (Å²) >= 11 is 0. The van der Waals surface area contributed by atoms with Gasteiger partial charge in [0.05, 0.1) is 12.2 Å². The lowest BCUT2D eigenvalue weighted by Crippen LogP contribution is -2.28. The van der Waals surface area contributed by atoms with Gasteiger partial charge in [-0.05, 0) is 44.6 Å². The molecule has 2 heteroatoms. The molecule has 1 atom stereocenters. The number of nitrogens with two attached hydrogens (primary N) is 1. The highest BCUT2D eigenvalue weighted by molar-refractivity contribution is 4.85. The van der Waals surface area contributed by atoms with Gasteiger partial charge in [0.2, 0.25) is 0 Å². The average Bonchev–Trinajstić information content (AvgIpc) is 2.04. The predicted molar refractivity (Wildman–Crippen MR) is 55.6 cm³/mol. The normalized spacial score (nSPS) is 32.5. The highest BCUT2D eigenvalue weighted by Gasteiger charge is 2.35. The number of hydrogen-bond acceptors (Lipinski definition) is 2. The highest BCUT2D eigenvalue weighted by Crippen LogP contribution is 2.38. The second-order valence-corrected chi connectivity index (χ2v) is 5.72. The molecule has 1 aliphatic heterocycles. The zero-order valence-corrected chi connectivity index (χ0v) is 9.39. The molecule has 0 saturated carbocycles. The summed E-state index contributed by atoms with van der Waals surface area (Å²) in [6.45, 7) is 10.5. The van der Waals surface area contributed by atoms with Gasteiger partial charge in [0.25, 0.3) is 0 Å². The van der Waals surface area contributed by atoms with Crippen molar-refractivity contribution in [2.75, 3.05) is 13.2 Å². The summed E-state index contributed by atoms with van der Waals surface area (Å²) in [7, 11) is 0. The summed E-state index contributed by atoms with van der Waals surface area (Å²) in [5.41, 5.74) is 6.09. The maximum atomic E-state index is 5.85. The van der Waals surface area contributed by atoms with Gasteiger partial charge in [-0.15, -0.1) is 0 Å². The predicted octanol–water partition coefficient (Wildman–Crippen LogP) is 2.18. The zero-order chi connectivity index (χ0) is 10.1. The summed E-state index contributed by atoms with van der Waals surface area (Å²) in [5, 5.41) is 0. The van der Waals surface area contributed by atoms with Gasteiger partial charge < -0.3 is 10.5 Å². The Kier molecular flexibility index (Phi) is 3.03. The van der Waals surface area contributed by atoms with Gasteiger partial charge >= 0.3 is 0 Å². The molecular formula is C11H23NO. The molecule has 2 N–H and O–H groups in total. The maximum absolute atomic E-state index is 5.85. The van der Waals surface area contributed by atoms with Gasteiger partial charge in [-0.1, -0.05) is 13.8 Å². The first-order valence-corrected chi connectivity index (χ1v) is 5.19. The molecule has 1 fully saturated rings. The van der Waals surface area contributed by atoms with Crippen LogP contribution >= 0.6 is 0 Å². The fourth-order valence-electron chi connectivity index (χ4n) is 2.61. The first-order chi connectivity index (χ1) is 5.85. The van der Waals surface area contributed by atoms with E-state index in [-0.39, 0.29) is 5.60 Å². The minimum atomic E-state index is 0.0212. The second kappa shape index (κ2) is 3.58. The third-order valence-electron chi connectivity index (χ3n) is 2.79. The first-order valence-electron chi connectivity index (χ1n) is 5.19. The molecule has 0 spiro atoms. The van der Waals surface area contributed by atoms with Crippen LogP contribution in [0.25, 0.3) is 0 Å². The van der Waals surface area contributed by atoms with Crippen LogP contribution in [0.2, 0.25) is 0 Å². The van der Waals surface area contributed by atoms with E-state index in [1.807, 2.05) is 0 Å². The minimum absolute atomic E-state index is 0.0212. The van der Waals surface area contributed by atoms with Gasteiger partial charge in [-0.2, -0.15) is 0 Å². The van der Waals surface area contributed by atoms with Crippen LogP contribution < -0.4 is 5.73 Å². The third-order valence-corrected chi connectivity index (χ3v) is 2.79. The Hall–Kier alpha value is -0.0800. The van der Waals surface area contributed by atoms with Crippen LogP contribution in [0.5, 0.6) is 0 Å². The van der Waals surface area contributed by atoms with E-state index in [0.29, 0.717) is 11.3 Å². The molecule has 1 heterocycles. The summed E-state index contributed by atoms with van der Waals surface area (Å²) in [4.78, 5) is 0. The van der Waals surface area contributed by atoms with Gasteiger partial charge in [0.1, 0.15) is 0 Å². The lowest BCUT2D eigenvalue weighted by molar-refractivity contribution is -0.0330. The highest BCUT2D eigenvalue weighted by atomic mass is 16.5. The van der Waals surface area contributed by atoms with Crippen molar-refractivity contribution >= 4 is 0 Å². The van der Waals surface area contributed by atoms with Crippen LogP contribution in [-0.4, -0.2) is 18.8 Å². The van der Waals surface area contributed by atoms with E-state index in [2.05, 4.69) is 27.7 Å². The van der Waals surface area contributed by atoms with Crippen LogP contribution in [0.15, 0.2) is 0 Å². The third kappa shape index (κ3) is 3.28. The topological polar surface area (TPSA) is 35.2 Å². The van der Waals surface area contributed by atoms with Crippen LogP contribution in [0.3, 0.4) is 0 Å². The van der Waals surface area contributed by atoms with Crippen molar-refractivity contribution in [2.24, 2.45) is 17.1 Å². The molecule has 1 rings (SSSR count). The van der Waals surface area contributed by atoms with Crippen molar-refractivity contribution in [1.82, 2.24) is 0 Å². The molecule has 0 amide bonds. The summed E-state index contributed by atoms with van der Waals surface area (Å²) in [5.74, 6) is 0.539. The number of rotatable bonds is 1. The summed E-state index contributed by atoms with van der Waals surface area (Å²) in [6, 6.07) is 0. The van der Waals surface area contributed by atoms with E-state index in [0.717, 1.165) is 19.6 Å². The number of ether oxygens (including phenoxy) is 1. The smallest absolute Gasteiger partial charge is 0.0631 e. The quantitative estimate of drug-likeness (QED) is 0.679. The van der Waals surface area contributed by atoms with E-state index in [1.54, 1.807) is 0 Å². The molecule has 1 saturated heterocycles. The Labute approximate surface area is 81.8 Å². The van der Waals surface area contributed by atoms with E-state index < -0.39 is 0 Å². The van der Waals surface area contributed by atoms with Crippen molar-refractivity contribution < 1.29 is 4.74 Å². The summed E-state index contributed by atoms with van der Waals surface area (Å²) in [6.07, 6.45) is 2.31. The van der Waals surface area contributed by atoms with Crippen molar-refractivity contribution in [3.63, 3.8) is 0 Å². The lowest BCUT2D eigenvalue weighted by Gasteiger charge is -2.31. The van der Waals surface area contributed by atoms with Gasteiger partial charge in [-0.25, -0.2) is 0 Å². The van der Waals surface area contributed by atoms with E-state index in [4.69, 9.17) is 10.5 Å². The van der Waals surface area contributed by atoms with Gasteiger partial charge in [-0.3, -0.25) is 0 Å². The van der Waals surface area contributed by atoms with E-state index in [9.17, 15) is 0 Å². The average molecular weight is 185 g/mol. The molecule has 2 nitrogen and oxygen atoms in total. The standard InChI is InChI=1S/C11H23NO/c1-10(2)5-9(6-12)7-13-11(3,4)8-10/h9H,5-8,12H2,1-4H3. The Bertz CT molecular complexity index is 175. The van der Waals surface area contributed by atoms with Crippen molar-refractivity contribution in [3.8, 4) is 0 Å². The van der Waals surface area contributed by atoms with Crippen LogP contribution in [0.1, 0.15) is 40.5 Å². The number of hydrogen-bond donors (Lipinski definition) is 1. The SMILES string of the molecule is CC1(C)CC(CN)COC(C)(C)C1. The molecule has 78 valence electrons. The molecule has 1 aliphatic rings. The van der Waals surface area contributed by atoms with Crippen LogP contribution in [0.4, 0.5) is 0 Å².